The number of nitrogens with zero attached hydrogens (tertiary/aromatic N) is 3. The SMILES string of the molecule is CCCCN(C(=O)c1ccccc1)c1ccc(C)c(Nc2ccc3ncn(C)c(=O)c3c2)c1. The number of hydrogen-bond acceptors (Lipinski definition) is 4. The highest BCUT2D eigenvalue weighted by Gasteiger charge is 2.18. The molecule has 1 aromatic heterocycles. The highest BCUT2D eigenvalue weighted by Crippen LogP contribution is 2.28. The Bertz CT molecular complexity index is 1350. The van der Waals surface area contributed by atoms with E-state index in [1.165, 1.54) is 10.9 Å². The third-order valence-corrected chi connectivity index (χ3v) is 5.73. The molecule has 0 aliphatic heterocycles. The summed E-state index contributed by atoms with van der Waals surface area (Å²) in [6, 6.07) is 20.9. The van der Waals surface area contributed by atoms with Crippen molar-refractivity contribution >= 4 is 33.9 Å². The van der Waals surface area contributed by atoms with Gasteiger partial charge in [-0.15, -0.1) is 0 Å². The van der Waals surface area contributed by atoms with Gasteiger partial charge in [-0.1, -0.05) is 37.6 Å². The van der Waals surface area contributed by atoms with E-state index in [1.807, 2.05) is 78.6 Å². The molecule has 0 atom stereocenters. The summed E-state index contributed by atoms with van der Waals surface area (Å²) in [4.78, 5) is 31.9. The van der Waals surface area contributed by atoms with E-state index < -0.39 is 0 Å². The monoisotopic (exact) mass is 440 g/mol. The summed E-state index contributed by atoms with van der Waals surface area (Å²) in [5.41, 5.74) is 4.80. The van der Waals surface area contributed by atoms with Crippen LogP contribution in [0.1, 0.15) is 35.7 Å². The standard InChI is InChI=1S/C27H28N4O2/c1-4-5-15-31(26(32)20-9-7-6-8-10-20)22-13-11-19(2)25(17-22)29-21-12-14-24-23(16-21)27(33)30(3)18-28-24/h6-14,16-18,29H,4-5,15H2,1-3H3. The van der Waals surface area contributed by atoms with Crippen LogP contribution < -0.4 is 15.8 Å². The number of aromatic nitrogens is 2. The number of unbranched alkanes of at least 4 members (excludes halogenated alkanes) is 1. The smallest absolute Gasteiger partial charge is 0.260 e. The molecule has 0 unspecified atom stereocenters. The highest BCUT2D eigenvalue weighted by molar-refractivity contribution is 6.06. The minimum Gasteiger partial charge on any atom is -0.355 e. The average Bonchev–Trinajstić information content (AvgIpc) is 2.84. The summed E-state index contributed by atoms with van der Waals surface area (Å²) in [7, 11) is 1.69. The van der Waals surface area contributed by atoms with Gasteiger partial charge in [-0.05, 0) is 61.4 Å². The van der Waals surface area contributed by atoms with Crippen molar-refractivity contribution in [2.75, 3.05) is 16.8 Å². The number of rotatable bonds is 7. The molecule has 6 heteroatoms. The van der Waals surface area contributed by atoms with Crippen molar-refractivity contribution in [3.05, 3.63) is 94.5 Å². The largest absolute Gasteiger partial charge is 0.355 e. The number of amides is 1. The molecule has 33 heavy (non-hydrogen) atoms. The first-order valence-corrected chi connectivity index (χ1v) is 11.2. The van der Waals surface area contributed by atoms with Crippen LogP contribution in [0.3, 0.4) is 0 Å². The van der Waals surface area contributed by atoms with E-state index in [4.69, 9.17) is 0 Å². The summed E-state index contributed by atoms with van der Waals surface area (Å²) >= 11 is 0. The fraction of sp³-hybridized carbons (Fsp3) is 0.222. The number of aryl methyl sites for hydroxylation is 2. The Kier molecular flexibility index (Phi) is 6.54. The molecule has 0 radical (unpaired) electrons. The Labute approximate surface area is 193 Å². The van der Waals surface area contributed by atoms with Gasteiger partial charge in [0.15, 0.2) is 0 Å². The van der Waals surface area contributed by atoms with Crippen LogP contribution in [0.2, 0.25) is 0 Å². The van der Waals surface area contributed by atoms with Crippen LogP contribution in [-0.4, -0.2) is 22.0 Å². The topological polar surface area (TPSA) is 67.2 Å². The van der Waals surface area contributed by atoms with E-state index in [0.29, 0.717) is 23.0 Å². The first kappa shape index (κ1) is 22.3. The molecule has 4 rings (SSSR count). The van der Waals surface area contributed by atoms with Crippen molar-refractivity contribution in [3.8, 4) is 0 Å². The molecule has 0 aliphatic rings. The maximum atomic E-state index is 13.3. The second-order valence-corrected chi connectivity index (χ2v) is 8.19. The summed E-state index contributed by atoms with van der Waals surface area (Å²) < 4.78 is 1.47. The fourth-order valence-electron chi connectivity index (χ4n) is 3.76. The Morgan fingerprint density at radius 1 is 1.06 bits per heavy atom. The van der Waals surface area contributed by atoms with Crippen LogP contribution in [0.15, 0.2) is 77.9 Å². The van der Waals surface area contributed by atoms with Crippen molar-refractivity contribution in [1.82, 2.24) is 9.55 Å². The van der Waals surface area contributed by atoms with Gasteiger partial charge in [-0.3, -0.25) is 9.59 Å². The molecule has 0 saturated heterocycles. The van der Waals surface area contributed by atoms with Crippen molar-refractivity contribution in [3.63, 3.8) is 0 Å². The summed E-state index contributed by atoms with van der Waals surface area (Å²) in [5, 5.41) is 3.99. The summed E-state index contributed by atoms with van der Waals surface area (Å²) in [6.07, 6.45) is 3.44. The number of nitrogens with one attached hydrogen (secondary N) is 1. The number of carbonyl (C=O) groups is 1. The molecular formula is C27H28N4O2. The van der Waals surface area contributed by atoms with Crippen LogP contribution in [0.25, 0.3) is 10.9 Å². The van der Waals surface area contributed by atoms with Gasteiger partial charge in [-0.25, -0.2) is 4.98 Å². The van der Waals surface area contributed by atoms with Crippen molar-refractivity contribution in [2.45, 2.75) is 26.7 Å². The number of anilines is 3. The zero-order valence-electron chi connectivity index (χ0n) is 19.2. The molecule has 0 bridgehead atoms. The molecule has 0 spiro atoms. The quantitative estimate of drug-likeness (QED) is 0.416. The third kappa shape index (κ3) is 4.80. The molecule has 0 saturated carbocycles. The molecule has 6 nitrogen and oxygen atoms in total. The molecule has 1 heterocycles. The lowest BCUT2D eigenvalue weighted by molar-refractivity contribution is 0.0986. The van der Waals surface area contributed by atoms with Gasteiger partial charge in [0.2, 0.25) is 0 Å². The molecule has 1 N–H and O–H groups in total. The first-order chi connectivity index (χ1) is 16.0. The molecule has 1 amide bonds. The van der Waals surface area contributed by atoms with E-state index >= 15 is 0 Å². The number of benzene rings is 3. The van der Waals surface area contributed by atoms with Gasteiger partial charge in [0, 0.05) is 36.2 Å². The van der Waals surface area contributed by atoms with Crippen molar-refractivity contribution < 1.29 is 4.79 Å². The molecule has 168 valence electrons. The maximum Gasteiger partial charge on any atom is 0.260 e. The third-order valence-electron chi connectivity index (χ3n) is 5.73. The lowest BCUT2D eigenvalue weighted by Crippen LogP contribution is -2.32. The van der Waals surface area contributed by atoms with Crippen LogP contribution in [0, 0.1) is 6.92 Å². The summed E-state index contributed by atoms with van der Waals surface area (Å²) in [6.45, 7) is 4.78. The van der Waals surface area contributed by atoms with E-state index in [2.05, 4.69) is 17.2 Å². The van der Waals surface area contributed by atoms with E-state index in [1.54, 1.807) is 7.05 Å². The Morgan fingerprint density at radius 2 is 1.85 bits per heavy atom. The lowest BCUT2D eigenvalue weighted by Gasteiger charge is -2.24. The molecule has 0 aliphatic carbocycles. The number of fused-ring (bicyclic) bond motifs is 1. The fourth-order valence-corrected chi connectivity index (χ4v) is 3.76. The Balaban J connectivity index is 1.69. The average molecular weight is 441 g/mol. The normalized spacial score (nSPS) is 10.9. The highest BCUT2D eigenvalue weighted by atomic mass is 16.2. The molecule has 3 aromatic carbocycles. The molecule has 4 aromatic rings. The van der Waals surface area contributed by atoms with Crippen LogP contribution in [0.5, 0.6) is 0 Å². The zero-order valence-corrected chi connectivity index (χ0v) is 19.2. The maximum absolute atomic E-state index is 13.3. The second kappa shape index (κ2) is 9.69. The van der Waals surface area contributed by atoms with Gasteiger partial charge < -0.3 is 14.8 Å². The Hall–Kier alpha value is -3.93. The predicted octanol–water partition coefficient (Wildman–Crippen LogP) is 5.43. The van der Waals surface area contributed by atoms with E-state index in [-0.39, 0.29) is 11.5 Å². The van der Waals surface area contributed by atoms with Gasteiger partial charge in [0.1, 0.15) is 0 Å². The van der Waals surface area contributed by atoms with Crippen LogP contribution in [0.4, 0.5) is 17.1 Å². The van der Waals surface area contributed by atoms with Gasteiger partial charge >= 0.3 is 0 Å². The summed E-state index contributed by atoms with van der Waals surface area (Å²) in [5.74, 6) is -0.0147. The molecular weight excluding hydrogens is 412 g/mol. The Morgan fingerprint density at radius 3 is 2.61 bits per heavy atom. The van der Waals surface area contributed by atoms with Crippen LogP contribution in [-0.2, 0) is 7.05 Å². The lowest BCUT2D eigenvalue weighted by atomic mass is 10.1. The van der Waals surface area contributed by atoms with Crippen LogP contribution >= 0.6 is 0 Å². The van der Waals surface area contributed by atoms with E-state index in [0.717, 1.165) is 35.5 Å². The second-order valence-electron chi connectivity index (χ2n) is 8.19. The van der Waals surface area contributed by atoms with Crippen molar-refractivity contribution in [1.29, 1.82) is 0 Å². The first-order valence-electron chi connectivity index (χ1n) is 11.2. The van der Waals surface area contributed by atoms with Crippen molar-refractivity contribution in [2.24, 2.45) is 7.05 Å². The zero-order chi connectivity index (χ0) is 23.4. The molecule has 0 fully saturated rings. The van der Waals surface area contributed by atoms with Gasteiger partial charge in [0.25, 0.3) is 11.5 Å². The number of hydrogen-bond donors (Lipinski definition) is 1. The van der Waals surface area contributed by atoms with Gasteiger partial charge in [-0.2, -0.15) is 0 Å². The minimum atomic E-state index is -0.0895. The predicted molar refractivity (Wildman–Crippen MR) is 134 cm³/mol. The number of carbonyl (C=O) groups excluding carboxylic acids is 1. The minimum absolute atomic E-state index is 0.0147. The van der Waals surface area contributed by atoms with Gasteiger partial charge in [0.05, 0.1) is 17.2 Å². The van der Waals surface area contributed by atoms with E-state index in [9.17, 15) is 9.59 Å².